The van der Waals surface area contributed by atoms with Crippen molar-refractivity contribution in [3.8, 4) is 0 Å². The second-order valence-electron chi connectivity index (χ2n) is 5.37. The van der Waals surface area contributed by atoms with E-state index >= 15 is 0 Å². The van der Waals surface area contributed by atoms with Gasteiger partial charge in [-0.15, -0.1) is 0 Å². The van der Waals surface area contributed by atoms with Crippen LogP contribution in [0.5, 0.6) is 0 Å². The molecule has 0 aliphatic heterocycles. The van der Waals surface area contributed by atoms with Gasteiger partial charge in [-0.2, -0.15) is 0 Å². The maximum Gasteiger partial charge on any atom is 1.00 e. The molecule has 0 heterocycles. The van der Waals surface area contributed by atoms with Crippen molar-refractivity contribution in [3.05, 3.63) is 11.6 Å². The van der Waals surface area contributed by atoms with E-state index in [9.17, 15) is 24.0 Å². The van der Waals surface area contributed by atoms with Crippen molar-refractivity contribution in [1.82, 2.24) is 0 Å². The number of aliphatic hydroxyl groups is 1. The number of rotatable bonds is 3. The van der Waals surface area contributed by atoms with E-state index in [1.165, 1.54) is 0 Å². The summed E-state index contributed by atoms with van der Waals surface area (Å²) in [5.74, 6) is 0. The molecule has 1 aliphatic rings. The van der Waals surface area contributed by atoms with Gasteiger partial charge in [0.05, 0.1) is 0 Å². The number of hydrogen-bond acceptors (Lipinski definition) is 5. The smallest absolute Gasteiger partial charge is 0.776 e. The zero-order valence-corrected chi connectivity index (χ0v) is 17.9. The van der Waals surface area contributed by atoms with Crippen LogP contribution in [0.1, 0.15) is 33.1 Å². The molecule has 0 spiro atoms. The Morgan fingerprint density at radius 2 is 1.60 bits per heavy atom. The van der Waals surface area contributed by atoms with E-state index in [0.717, 1.165) is 0 Å². The quantitative estimate of drug-likeness (QED) is 0.263. The fourth-order valence-corrected chi connectivity index (χ4v) is 3.98. The van der Waals surface area contributed by atoms with Crippen molar-refractivity contribution in [1.29, 1.82) is 0 Å². The van der Waals surface area contributed by atoms with Crippen molar-refractivity contribution >= 4 is 15.2 Å². The zero-order valence-electron chi connectivity index (χ0n) is 12.1. The van der Waals surface area contributed by atoms with Gasteiger partial charge in [-0.25, -0.2) is 0 Å². The summed E-state index contributed by atoms with van der Waals surface area (Å²) in [6.07, 6.45) is 2.01. The van der Waals surface area contributed by atoms with Crippen molar-refractivity contribution < 1.29 is 92.9 Å². The third kappa shape index (κ3) is 5.57. The fraction of sp³-hybridized carbons (Fsp3) is 0.778. The Morgan fingerprint density at radius 1 is 1.20 bits per heavy atom. The molecule has 1 fully saturated rings. The minimum atomic E-state index is -5.70. The third-order valence-electron chi connectivity index (χ3n) is 3.06. The van der Waals surface area contributed by atoms with Gasteiger partial charge in [0.25, 0.3) is 0 Å². The minimum Gasteiger partial charge on any atom is -0.776 e. The largest absolute Gasteiger partial charge is 1.00 e. The van der Waals surface area contributed by atoms with E-state index in [1.807, 2.05) is 13.8 Å². The monoisotopic (exact) mass is 344 g/mol. The van der Waals surface area contributed by atoms with Crippen molar-refractivity contribution in [3.63, 3.8) is 0 Å². The first kappa shape index (κ1) is 24.3. The Balaban J connectivity index is 0. The summed E-state index contributed by atoms with van der Waals surface area (Å²) in [6, 6.07) is 0. The molecule has 0 saturated heterocycles. The van der Waals surface area contributed by atoms with Crippen LogP contribution in [0.25, 0.3) is 0 Å². The van der Waals surface area contributed by atoms with Crippen LogP contribution in [-0.4, -0.2) is 20.0 Å². The zero-order chi connectivity index (χ0) is 14.4. The number of hydrogen-bond donors (Lipinski definition) is 3. The molecule has 2 atom stereocenters. The fourth-order valence-electron chi connectivity index (χ4n) is 2.01. The molecule has 2 unspecified atom stereocenters. The molecule has 0 aromatic carbocycles. The van der Waals surface area contributed by atoms with Crippen LogP contribution < -0.4 is 68.9 Å². The van der Waals surface area contributed by atoms with E-state index in [2.05, 4.69) is 0 Å². The molecule has 0 amide bonds. The Bertz CT molecular complexity index is 443. The summed E-state index contributed by atoms with van der Waals surface area (Å²) in [5.41, 5.74) is 0.231. The Kier molecular flexibility index (Phi) is 9.35. The molecule has 1 aliphatic carbocycles. The van der Waals surface area contributed by atoms with Crippen LogP contribution in [0.4, 0.5) is 0 Å². The first-order chi connectivity index (χ1) is 7.79. The Hall–Kier alpha value is 2.00. The second kappa shape index (κ2) is 7.71. The van der Waals surface area contributed by atoms with E-state index in [1.54, 1.807) is 0 Å². The van der Waals surface area contributed by atoms with Crippen LogP contribution in [-0.2, 0) is 9.13 Å². The van der Waals surface area contributed by atoms with Gasteiger partial charge in [0, 0.05) is 0 Å². The summed E-state index contributed by atoms with van der Waals surface area (Å²) in [7, 11) is -11.4. The minimum absolute atomic E-state index is 0. The Morgan fingerprint density at radius 3 is 1.85 bits per heavy atom. The SMILES string of the molecule is CC1(C)CC/C(=C\C(O)(P(=O)([O-])O)P(=O)([O-])O)C1.[Na+].[Na+]. The van der Waals surface area contributed by atoms with Crippen LogP contribution in [0, 0.1) is 5.41 Å². The first-order valence-corrected chi connectivity index (χ1v) is 8.45. The van der Waals surface area contributed by atoms with E-state index in [0.29, 0.717) is 30.9 Å². The van der Waals surface area contributed by atoms with Gasteiger partial charge >= 0.3 is 59.1 Å². The normalized spacial score (nSPS) is 28.4. The summed E-state index contributed by atoms with van der Waals surface area (Å²) >= 11 is 0. The molecule has 0 aromatic heterocycles. The van der Waals surface area contributed by atoms with Gasteiger partial charge in [0.2, 0.25) is 5.08 Å². The maximum atomic E-state index is 11.0. The van der Waals surface area contributed by atoms with Crippen molar-refractivity contribution in [2.45, 2.75) is 38.2 Å². The molecular formula is C9H16Na2O7P2. The third-order valence-corrected chi connectivity index (χ3v) is 6.50. The second-order valence-corrected chi connectivity index (χ2v) is 9.17. The van der Waals surface area contributed by atoms with Gasteiger partial charge in [-0.05, 0) is 30.8 Å². The van der Waals surface area contributed by atoms with Gasteiger partial charge < -0.3 is 33.8 Å². The average molecular weight is 344 g/mol. The van der Waals surface area contributed by atoms with Crippen LogP contribution in [0.3, 0.4) is 0 Å². The van der Waals surface area contributed by atoms with E-state index in [4.69, 9.17) is 9.79 Å². The molecule has 20 heavy (non-hydrogen) atoms. The van der Waals surface area contributed by atoms with Gasteiger partial charge in [0.1, 0.15) is 0 Å². The molecule has 7 nitrogen and oxygen atoms in total. The van der Waals surface area contributed by atoms with Crippen LogP contribution >= 0.6 is 15.2 Å². The predicted molar refractivity (Wildman–Crippen MR) is 60.3 cm³/mol. The topological polar surface area (TPSA) is 141 Å². The molecule has 0 radical (unpaired) electrons. The van der Waals surface area contributed by atoms with Crippen LogP contribution in [0.2, 0.25) is 0 Å². The first-order valence-electron chi connectivity index (χ1n) is 5.29. The van der Waals surface area contributed by atoms with Crippen molar-refractivity contribution in [2.24, 2.45) is 5.41 Å². The van der Waals surface area contributed by atoms with Gasteiger partial charge in [-0.3, -0.25) is 0 Å². The molecule has 11 heteroatoms. The summed E-state index contributed by atoms with van der Waals surface area (Å²) < 4.78 is 22.0. The molecular weight excluding hydrogens is 328 g/mol. The van der Waals surface area contributed by atoms with E-state index < -0.39 is 20.3 Å². The van der Waals surface area contributed by atoms with E-state index in [-0.39, 0.29) is 64.5 Å². The molecule has 106 valence electrons. The molecule has 1 saturated carbocycles. The average Bonchev–Trinajstić information content (AvgIpc) is 2.41. The maximum absolute atomic E-state index is 11.0. The van der Waals surface area contributed by atoms with Crippen molar-refractivity contribution in [2.75, 3.05) is 0 Å². The molecule has 0 bridgehead atoms. The predicted octanol–water partition coefficient (Wildman–Crippen LogP) is -6.13. The van der Waals surface area contributed by atoms with Gasteiger partial charge in [0.15, 0.2) is 15.2 Å². The molecule has 1 rings (SSSR count). The number of allylic oxidation sites excluding steroid dienone is 1. The molecule has 0 aromatic rings. The summed E-state index contributed by atoms with van der Waals surface area (Å²) in [5, 5.41) is 5.94. The summed E-state index contributed by atoms with van der Waals surface area (Å²) in [6.45, 7) is 3.80. The summed E-state index contributed by atoms with van der Waals surface area (Å²) in [4.78, 5) is 39.7. The molecule has 3 N–H and O–H groups in total. The van der Waals surface area contributed by atoms with Gasteiger partial charge in [-0.1, -0.05) is 19.4 Å². The Labute approximate surface area is 162 Å². The van der Waals surface area contributed by atoms with Crippen LogP contribution in [0.15, 0.2) is 11.6 Å². The standard InChI is InChI=1S/C9H18O7P2.2Na/c1-8(2)4-3-7(5-8)6-9(10,17(11,12)13)18(14,15)16;;/h6,10H,3-5H2,1-2H3,(H2,11,12,13)(H2,14,15,16);;/q;2*+1/p-2/b7-6+;;.